The number of benzene rings is 1. The first-order valence-corrected chi connectivity index (χ1v) is 9.02. The molecular weight excluding hydrogens is 356 g/mol. The first-order valence-electron chi connectivity index (χ1n) is 8.65. The van der Waals surface area contributed by atoms with E-state index in [4.69, 9.17) is 16.3 Å². The molecule has 3 amide bonds. The molecule has 26 heavy (non-hydrogen) atoms. The largest absolute Gasteiger partial charge is 0.452 e. The Kier molecular flexibility index (Phi) is 7.66. The number of ether oxygens (including phenoxy) is 1. The molecule has 0 bridgehead atoms. The van der Waals surface area contributed by atoms with E-state index >= 15 is 0 Å². The number of nitrogens with one attached hydrogen (secondary N) is 2. The molecular formula is C19H23ClN2O4. The van der Waals surface area contributed by atoms with E-state index in [0.29, 0.717) is 10.9 Å². The van der Waals surface area contributed by atoms with Crippen LogP contribution in [0.15, 0.2) is 30.3 Å². The molecule has 0 aromatic heterocycles. The molecule has 6 nitrogen and oxygen atoms in total. The molecule has 1 aromatic rings. The molecule has 140 valence electrons. The van der Waals surface area contributed by atoms with Gasteiger partial charge in [0.15, 0.2) is 6.61 Å². The molecule has 1 fully saturated rings. The normalized spacial score (nSPS) is 19.8. The molecule has 0 unspecified atom stereocenters. The zero-order valence-electron chi connectivity index (χ0n) is 14.7. The summed E-state index contributed by atoms with van der Waals surface area (Å²) in [5, 5.41) is 5.58. The third-order valence-electron chi connectivity index (χ3n) is 4.31. The molecule has 0 radical (unpaired) electrons. The number of carbonyl (C=O) groups excluding carboxylic acids is 3. The predicted octanol–water partition coefficient (Wildman–Crippen LogP) is 3.30. The summed E-state index contributed by atoms with van der Waals surface area (Å²) >= 11 is 5.78. The van der Waals surface area contributed by atoms with Crippen LogP contribution < -0.4 is 10.6 Å². The summed E-state index contributed by atoms with van der Waals surface area (Å²) in [6.07, 6.45) is 6.97. The van der Waals surface area contributed by atoms with Gasteiger partial charge in [0, 0.05) is 17.1 Å². The fraction of sp³-hybridized carbons (Fsp3) is 0.421. The summed E-state index contributed by atoms with van der Waals surface area (Å²) in [6, 6.07) is 6.41. The van der Waals surface area contributed by atoms with Crippen molar-refractivity contribution in [2.24, 2.45) is 5.92 Å². The van der Waals surface area contributed by atoms with E-state index in [-0.39, 0.29) is 6.04 Å². The topological polar surface area (TPSA) is 84.5 Å². The van der Waals surface area contributed by atoms with Gasteiger partial charge in [-0.3, -0.25) is 10.1 Å². The molecule has 7 heteroatoms. The van der Waals surface area contributed by atoms with Crippen LogP contribution in [0.3, 0.4) is 0 Å². The summed E-state index contributed by atoms with van der Waals surface area (Å²) in [5.41, 5.74) is 0.775. The van der Waals surface area contributed by atoms with Crippen LogP contribution in [-0.4, -0.2) is 30.6 Å². The Balaban J connectivity index is 1.69. The van der Waals surface area contributed by atoms with E-state index in [0.717, 1.165) is 24.8 Å². The average molecular weight is 379 g/mol. The van der Waals surface area contributed by atoms with Crippen molar-refractivity contribution in [2.75, 3.05) is 6.61 Å². The molecule has 2 rings (SSSR count). The van der Waals surface area contributed by atoms with Crippen LogP contribution in [-0.2, 0) is 14.3 Å². The van der Waals surface area contributed by atoms with Gasteiger partial charge < -0.3 is 10.1 Å². The number of esters is 1. The number of urea groups is 1. The monoisotopic (exact) mass is 378 g/mol. The molecule has 1 aromatic carbocycles. The van der Waals surface area contributed by atoms with Crippen LogP contribution in [0.1, 0.15) is 38.2 Å². The van der Waals surface area contributed by atoms with Gasteiger partial charge in [-0.05, 0) is 42.5 Å². The Labute approximate surface area is 157 Å². The highest BCUT2D eigenvalue weighted by Gasteiger charge is 2.23. The Morgan fingerprint density at radius 2 is 1.88 bits per heavy atom. The Morgan fingerprint density at radius 1 is 1.19 bits per heavy atom. The van der Waals surface area contributed by atoms with Gasteiger partial charge in [0.05, 0.1) is 0 Å². The van der Waals surface area contributed by atoms with Crippen LogP contribution in [0.5, 0.6) is 0 Å². The summed E-state index contributed by atoms with van der Waals surface area (Å²) in [6.45, 7) is 1.57. The predicted molar refractivity (Wildman–Crippen MR) is 99.5 cm³/mol. The minimum atomic E-state index is -0.670. The quantitative estimate of drug-likeness (QED) is 0.608. The first kappa shape index (κ1) is 20.0. The van der Waals surface area contributed by atoms with Crippen molar-refractivity contribution in [3.05, 3.63) is 40.9 Å². The number of carbonyl (C=O) groups is 3. The zero-order chi connectivity index (χ0) is 18.9. The second-order valence-corrected chi connectivity index (χ2v) is 6.82. The summed E-state index contributed by atoms with van der Waals surface area (Å²) in [7, 11) is 0. The first-order chi connectivity index (χ1) is 12.4. The van der Waals surface area contributed by atoms with E-state index in [9.17, 15) is 14.4 Å². The van der Waals surface area contributed by atoms with E-state index in [1.54, 1.807) is 30.3 Å². The Bertz CT molecular complexity index is 673. The maximum absolute atomic E-state index is 11.8. The van der Waals surface area contributed by atoms with Gasteiger partial charge in [0.25, 0.3) is 5.91 Å². The van der Waals surface area contributed by atoms with E-state index in [1.807, 2.05) is 0 Å². The van der Waals surface area contributed by atoms with Crippen LogP contribution in [0.25, 0.3) is 6.08 Å². The lowest BCUT2D eigenvalue weighted by molar-refractivity contribution is -0.143. The molecule has 1 aliphatic rings. The smallest absolute Gasteiger partial charge is 0.331 e. The molecule has 0 saturated heterocycles. The second kappa shape index (κ2) is 9.97. The average Bonchev–Trinajstić information content (AvgIpc) is 2.61. The van der Waals surface area contributed by atoms with Crippen molar-refractivity contribution in [1.82, 2.24) is 10.6 Å². The van der Waals surface area contributed by atoms with Gasteiger partial charge in [0.1, 0.15) is 0 Å². The van der Waals surface area contributed by atoms with Crippen molar-refractivity contribution in [2.45, 2.75) is 38.6 Å². The minimum Gasteiger partial charge on any atom is -0.452 e. The van der Waals surface area contributed by atoms with Gasteiger partial charge in [-0.25, -0.2) is 9.59 Å². The van der Waals surface area contributed by atoms with Crippen molar-refractivity contribution in [3.63, 3.8) is 0 Å². The lowest BCUT2D eigenvalue weighted by atomic mass is 9.86. The van der Waals surface area contributed by atoms with Crippen LogP contribution >= 0.6 is 11.6 Å². The van der Waals surface area contributed by atoms with Gasteiger partial charge in [-0.2, -0.15) is 0 Å². The van der Waals surface area contributed by atoms with E-state index < -0.39 is 24.5 Å². The van der Waals surface area contributed by atoms with Crippen LogP contribution in [0.2, 0.25) is 5.02 Å². The lowest BCUT2D eigenvalue weighted by Crippen LogP contribution is -2.48. The summed E-state index contributed by atoms with van der Waals surface area (Å²) in [4.78, 5) is 35.2. The van der Waals surface area contributed by atoms with Crippen LogP contribution in [0.4, 0.5) is 4.79 Å². The highest BCUT2D eigenvalue weighted by atomic mass is 35.5. The standard InChI is InChI=1S/C19H23ClN2O4/c1-13-4-2-3-5-16(13)21-19(25)22-17(23)12-26-18(24)11-8-14-6-9-15(20)10-7-14/h6-11,13,16H,2-5,12H2,1H3,(H2,21,22,23,25)/b11-8+/t13-,16+/m1/s1. The number of rotatable bonds is 5. The molecule has 1 aliphatic carbocycles. The third kappa shape index (κ3) is 6.88. The Morgan fingerprint density at radius 3 is 2.58 bits per heavy atom. The number of halogens is 1. The van der Waals surface area contributed by atoms with Crippen molar-refractivity contribution >= 4 is 35.6 Å². The third-order valence-corrected chi connectivity index (χ3v) is 4.56. The molecule has 0 heterocycles. The van der Waals surface area contributed by atoms with E-state index in [1.165, 1.54) is 12.5 Å². The Hall–Kier alpha value is -2.34. The SMILES string of the molecule is C[C@@H]1CCCC[C@@H]1NC(=O)NC(=O)COC(=O)/C=C/c1ccc(Cl)cc1. The van der Waals surface area contributed by atoms with E-state index in [2.05, 4.69) is 17.6 Å². The van der Waals surface area contributed by atoms with Gasteiger partial charge in [-0.15, -0.1) is 0 Å². The molecule has 2 atom stereocenters. The minimum absolute atomic E-state index is 0.0707. The van der Waals surface area contributed by atoms with Gasteiger partial charge >= 0.3 is 12.0 Å². The summed E-state index contributed by atoms with van der Waals surface area (Å²) < 4.78 is 4.82. The zero-order valence-corrected chi connectivity index (χ0v) is 15.4. The van der Waals surface area contributed by atoms with Gasteiger partial charge in [0.2, 0.25) is 0 Å². The molecule has 2 N–H and O–H groups in total. The number of amides is 3. The fourth-order valence-electron chi connectivity index (χ4n) is 2.82. The maximum atomic E-state index is 11.8. The lowest BCUT2D eigenvalue weighted by Gasteiger charge is -2.29. The van der Waals surface area contributed by atoms with Gasteiger partial charge in [-0.1, -0.05) is 43.5 Å². The maximum Gasteiger partial charge on any atom is 0.331 e. The molecule has 0 spiro atoms. The molecule has 0 aliphatic heterocycles. The van der Waals surface area contributed by atoms with Crippen LogP contribution in [0, 0.1) is 5.92 Å². The summed E-state index contributed by atoms with van der Waals surface area (Å²) in [5.74, 6) is -0.948. The molecule has 1 saturated carbocycles. The number of imide groups is 1. The van der Waals surface area contributed by atoms with Crippen molar-refractivity contribution in [3.8, 4) is 0 Å². The van der Waals surface area contributed by atoms with Crippen molar-refractivity contribution in [1.29, 1.82) is 0 Å². The van der Waals surface area contributed by atoms with Crippen molar-refractivity contribution < 1.29 is 19.1 Å². The number of hydrogen-bond acceptors (Lipinski definition) is 4. The number of hydrogen-bond donors (Lipinski definition) is 2. The fourth-order valence-corrected chi connectivity index (χ4v) is 2.95. The highest BCUT2D eigenvalue weighted by molar-refractivity contribution is 6.30. The second-order valence-electron chi connectivity index (χ2n) is 6.38. The highest BCUT2D eigenvalue weighted by Crippen LogP contribution is 2.23.